The molecule has 150 valence electrons. The van der Waals surface area contributed by atoms with Gasteiger partial charge in [0.1, 0.15) is 0 Å². The van der Waals surface area contributed by atoms with Gasteiger partial charge in [-0.2, -0.15) is 0 Å². The zero-order valence-corrected chi connectivity index (χ0v) is 17.5. The molecule has 4 aromatic rings. The lowest BCUT2D eigenvalue weighted by atomic mass is 10.2. The molecule has 7 heteroatoms. The van der Waals surface area contributed by atoms with Crippen LogP contribution in [0.3, 0.4) is 0 Å². The number of hydrogen-bond acceptors (Lipinski definition) is 4. The van der Waals surface area contributed by atoms with Gasteiger partial charge < -0.3 is 5.32 Å². The fraction of sp³-hybridized carbons (Fsp3) is 0.0870. The van der Waals surface area contributed by atoms with Crippen molar-refractivity contribution >= 4 is 40.2 Å². The highest BCUT2D eigenvalue weighted by atomic mass is 35.5. The minimum absolute atomic E-state index is 0.142. The monoisotopic (exact) mass is 435 g/mol. The molecule has 0 saturated heterocycles. The largest absolute Gasteiger partial charge is 0.351 e. The van der Waals surface area contributed by atoms with Crippen LogP contribution in [0.4, 0.5) is 0 Å². The Morgan fingerprint density at radius 2 is 1.67 bits per heavy atom. The number of halogens is 1. The Labute approximate surface area is 182 Å². The lowest BCUT2D eigenvalue weighted by Crippen LogP contribution is -2.26. The van der Waals surface area contributed by atoms with Gasteiger partial charge in [-0.1, -0.05) is 65.8 Å². The first-order chi connectivity index (χ1) is 14.6. The van der Waals surface area contributed by atoms with Crippen LogP contribution in [0.5, 0.6) is 0 Å². The van der Waals surface area contributed by atoms with Gasteiger partial charge in [0.25, 0.3) is 5.56 Å². The van der Waals surface area contributed by atoms with Crippen molar-refractivity contribution in [3.63, 3.8) is 0 Å². The van der Waals surface area contributed by atoms with E-state index in [-0.39, 0.29) is 17.2 Å². The molecule has 0 aliphatic rings. The Bertz CT molecular complexity index is 1240. The van der Waals surface area contributed by atoms with Gasteiger partial charge in [-0.15, -0.1) is 0 Å². The van der Waals surface area contributed by atoms with Crippen molar-refractivity contribution in [2.75, 3.05) is 5.75 Å². The Morgan fingerprint density at radius 3 is 2.43 bits per heavy atom. The summed E-state index contributed by atoms with van der Waals surface area (Å²) in [5.41, 5.74) is 2.13. The lowest BCUT2D eigenvalue weighted by molar-refractivity contribution is -0.118. The molecule has 0 atom stereocenters. The van der Waals surface area contributed by atoms with Crippen molar-refractivity contribution in [1.29, 1.82) is 0 Å². The summed E-state index contributed by atoms with van der Waals surface area (Å²) < 4.78 is 1.56. The molecule has 0 aliphatic carbocycles. The van der Waals surface area contributed by atoms with E-state index in [2.05, 4.69) is 10.3 Å². The quantitative estimate of drug-likeness (QED) is 0.359. The van der Waals surface area contributed by atoms with Crippen LogP contribution in [0.2, 0.25) is 5.02 Å². The zero-order chi connectivity index (χ0) is 20.9. The summed E-state index contributed by atoms with van der Waals surface area (Å²) in [5, 5.41) is 4.55. The summed E-state index contributed by atoms with van der Waals surface area (Å²) in [5.74, 6) is 0.00236. The number of hydrogen-bond donors (Lipinski definition) is 1. The topological polar surface area (TPSA) is 64.0 Å². The molecule has 0 aliphatic heterocycles. The van der Waals surface area contributed by atoms with Crippen molar-refractivity contribution in [3.8, 4) is 5.69 Å². The van der Waals surface area contributed by atoms with E-state index in [1.165, 1.54) is 11.8 Å². The van der Waals surface area contributed by atoms with E-state index in [1.54, 1.807) is 28.8 Å². The van der Waals surface area contributed by atoms with Crippen LogP contribution in [0.25, 0.3) is 16.6 Å². The second-order valence-corrected chi connectivity index (χ2v) is 7.96. The van der Waals surface area contributed by atoms with E-state index < -0.39 is 0 Å². The molecule has 1 N–H and O–H groups in total. The Morgan fingerprint density at radius 1 is 0.967 bits per heavy atom. The number of carbonyl (C=O) groups is 1. The molecule has 0 bridgehead atoms. The minimum Gasteiger partial charge on any atom is -0.351 e. The first kappa shape index (κ1) is 20.2. The molecule has 1 aromatic heterocycles. The highest BCUT2D eigenvalue weighted by molar-refractivity contribution is 7.99. The van der Waals surface area contributed by atoms with Gasteiger partial charge in [0, 0.05) is 11.6 Å². The summed E-state index contributed by atoms with van der Waals surface area (Å²) >= 11 is 7.12. The third kappa shape index (κ3) is 4.56. The first-order valence-corrected chi connectivity index (χ1v) is 10.7. The van der Waals surface area contributed by atoms with Gasteiger partial charge >= 0.3 is 0 Å². The number of amides is 1. The van der Waals surface area contributed by atoms with Gasteiger partial charge in [0.2, 0.25) is 5.91 Å². The maximum absolute atomic E-state index is 13.1. The van der Waals surface area contributed by atoms with Crippen molar-refractivity contribution in [2.45, 2.75) is 11.7 Å². The highest BCUT2D eigenvalue weighted by Gasteiger charge is 2.14. The standard InChI is InChI=1S/C23H18ClN3O2S/c24-17-12-10-16(11-13-17)14-25-21(28)15-30-23-26-20-9-5-4-8-19(20)22(29)27(23)18-6-2-1-3-7-18/h1-13H,14-15H2,(H,25,28). The molecular formula is C23H18ClN3O2S. The second kappa shape index (κ2) is 9.15. The van der Waals surface area contributed by atoms with Crippen LogP contribution in [0.15, 0.2) is 88.8 Å². The number of nitrogens with zero attached hydrogens (tertiary/aromatic N) is 2. The number of aromatic nitrogens is 2. The normalized spacial score (nSPS) is 10.8. The van der Waals surface area contributed by atoms with Gasteiger partial charge in [-0.05, 0) is 42.0 Å². The summed E-state index contributed by atoms with van der Waals surface area (Å²) in [4.78, 5) is 30.2. The maximum atomic E-state index is 13.1. The number of nitrogens with one attached hydrogen (secondary N) is 1. The SMILES string of the molecule is O=C(CSc1nc2ccccc2c(=O)n1-c1ccccc1)NCc1ccc(Cl)cc1. The molecule has 30 heavy (non-hydrogen) atoms. The van der Waals surface area contributed by atoms with Crippen molar-refractivity contribution in [1.82, 2.24) is 14.9 Å². The molecule has 0 saturated carbocycles. The van der Waals surface area contributed by atoms with E-state index in [1.807, 2.05) is 54.6 Å². The average Bonchev–Trinajstić information content (AvgIpc) is 2.78. The zero-order valence-electron chi connectivity index (χ0n) is 15.9. The van der Waals surface area contributed by atoms with Crippen LogP contribution in [0, 0.1) is 0 Å². The Balaban J connectivity index is 1.56. The molecule has 1 amide bonds. The average molecular weight is 436 g/mol. The minimum atomic E-state index is -0.157. The molecule has 0 radical (unpaired) electrons. The fourth-order valence-corrected chi connectivity index (χ4v) is 3.97. The molecule has 0 spiro atoms. The van der Waals surface area contributed by atoms with E-state index >= 15 is 0 Å². The maximum Gasteiger partial charge on any atom is 0.266 e. The molecule has 4 rings (SSSR count). The van der Waals surface area contributed by atoms with E-state index in [0.717, 1.165) is 5.56 Å². The molecule has 0 fully saturated rings. The van der Waals surface area contributed by atoms with Crippen molar-refractivity contribution < 1.29 is 4.79 Å². The van der Waals surface area contributed by atoms with Gasteiger partial charge in [0.05, 0.1) is 22.3 Å². The Kier molecular flexibility index (Phi) is 6.16. The number of carbonyl (C=O) groups excluding carboxylic acids is 1. The van der Waals surface area contributed by atoms with Crippen LogP contribution >= 0.6 is 23.4 Å². The fourth-order valence-electron chi connectivity index (χ4n) is 3.00. The van der Waals surface area contributed by atoms with Crippen LogP contribution < -0.4 is 10.9 Å². The lowest BCUT2D eigenvalue weighted by Gasteiger charge is -2.13. The summed E-state index contributed by atoms with van der Waals surface area (Å²) in [7, 11) is 0. The summed E-state index contributed by atoms with van der Waals surface area (Å²) in [6, 6.07) is 23.9. The van der Waals surface area contributed by atoms with E-state index in [0.29, 0.717) is 33.3 Å². The number of fused-ring (bicyclic) bond motifs is 1. The van der Waals surface area contributed by atoms with Crippen LogP contribution in [0.1, 0.15) is 5.56 Å². The van der Waals surface area contributed by atoms with Crippen LogP contribution in [-0.4, -0.2) is 21.2 Å². The van der Waals surface area contributed by atoms with E-state index in [4.69, 9.17) is 11.6 Å². The Hall–Kier alpha value is -3.09. The third-order valence-electron chi connectivity index (χ3n) is 4.49. The smallest absolute Gasteiger partial charge is 0.266 e. The van der Waals surface area contributed by atoms with Crippen molar-refractivity contribution in [2.24, 2.45) is 0 Å². The summed E-state index contributed by atoms with van der Waals surface area (Å²) in [6.45, 7) is 0.410. The predicted molar refractivity (Wildman–Crippen MR) is 121 cm³/mol. The van der Waals surface area contributed by atoms with Gasteiger partial charge in [-0.25, -0.2) is 4.98 Å². The highest BCUT2D eigenvalue weighted by Crippen LogP contribution is 2.21. The van der Waals surface area contributed by atoms with Crippen LogP contribution in [-0.2, 0) is 11.3 Å². The third-order valence-corrected chi connectivity index (χ3v) is 5.69. The number of benzene rings is 3. The predicted octanol–water partition coefficient (Wildman–Crippen LogP) is 4.45. The van der Waals surface area contributed by atoms with Crippen molar-refractivity contribution in [3.05, 3.63) is 99.8 Å². The molecule has 3 aromatic carbocycles. The molecule has 1 heterocycles. The van der Waals surface area contributed by atoms with Gasteiger partial charge in [0.15, 0.2) is 5.16 Å². The first-order valence-electron chi connectivity index (χ1n) is 9.33. The van der Waals surface area contributed by atoms with Gasteiger partial charge in [-0.3, -0.25) is 14.2 Å². The second-order valence-electron chi connectivity index (χ2n) is 6.58. The molecular weight excluding hydrogens is 418 g/mol. The summed E-state index contributed by atoms with van der Waals surface area (Å²) in [6.07, 6.45) is 0. The number of thioether (sulfide) groups is 1. The number of rotatable bonds is 6. The number of para-hydroxylation sites is 2. The molecule has 0 unspecified atom stereocenters. The molecule has 5 nitrogen and oxygen atoms in total. The van der Waals surface area contributed by atoms with E-state index in [9.17, 15) is 9.59 Å².